The molecular weight excluding hydrogens is 182 g/mol. The van der Waals surface area contributed by atoms with Gasteiger partial charge in [-0.3, -0.25) is 4.98 Å². The standard InChI is InChI=1S/C10H13NO3/c1-3-13-10(12)8(2)14-9-5-4-6-11-7-9/h4-8H,3H2,1-2H3/t8-/m1/s1. The maximum Gasteiger partial charge on any atom is 0.347 e. The van der Waals surface area contributed by atoms with Crippen molar-refractivity contribution in [3.05, 3.63) is 24.5 Å². The molecule has 1 aromatic rings. The highest BCUT2D eigenvalue weighted by Crippen LogP contribution is 2.09. The van der Waals surface area contributed by atoms with E-state index < -0.39 is 6.10 Å². The average Bonchev–Trinajstić information content (AvgIpc) is 2.19. The van der Waals surface area contributed by atoms with E-state index in [9.17, 15) is 4.79 Å². The molecule has 1 heterocycles. The monoisotopic (exact) mass is 195 g/mol. The summed E-state index contributed by atoms with van der Waals surface area (Å²) in [6, 6.07) is 3.48. The van der Waals surface area contributed by atoms with Gasteiger partial charge in [0.05, 0.1) is 12.8 Å². The van der Waals surface area contributed by atoms with E-state index in [1.807, 2.05) is 0 Å². The van der Waals surface area contributed by atoms with E-state index in [0.29, 0.717) is 12.4 Å². The van der Waals surface area contributed by atoms with E-state index in [4.69, 9.17) is 9.47 Å². The van der Waals surface area contributed by atoms with E-state index in [1.54, 1.807) is 38.4 Å². The van der Waals surface area contributed by atoms with E-state index in [-0.39, 0.29) is 5.97 Å². The van der Waals surface area contributed by atoms with Crippen LogP contribution >= 0.6 is 0 Å². The highest BCUT2D eigenvalue weighted by molar-refractivity contribution is 5.74. The predicted molar refractivity (Wildman–Crippen MR) is 51.0 cm³/mol. The van der Waals surface area contributed by atoms with Crippen molar-refractivity contribution in [3.8, 4) is 5.75 Å². The number of hydrogen-bond donors (Lipinski definition) is 0. The van der Waals surface area contributed by atoms with Crippen molar-refractivity contribution in [3.63, 3.8) is 0 Å². The van der Waals surface area contributed by atoms with Gasteiger partial charge in [-0.05, 0) is 26.0 Å². The Bertz CT molecular complexity index is 287. The van der Waals surface area contributed by atoms with Gasteiger partial charge in [0.25, 0.3) is 0 Å². The Labute approximate surface area is 82.9 Å². The third-order valence-corrected chi connectivity index (χ3v) is 1.57. The number of rotatable bonds is 4. The first-order valence-corrected chi connectivity index (χ1v) is 4.47. The summed E-state index contributed by atoms with van der Waals surface area (Å²) in [5, 5.41) is 0. The summed E-state index contributed by atoms with van der Waals surface area (Å²) in [7, 11) is 0. The molecule has 1 aromatic heterocycles. The average molecular weight is 195 g/mol. The maximum absolute atomic E-state index is 11.2. The van der Waals surface area contributed by atoms with Crippen LogP contribution in [-0.2, 0) is 9.53 Å². The van der Waals surface area contributed by atoms with Crippen molar-refractivity contribution < 1.29 is 14.3 Å². The SMILES string of the molecule is CCOC(=O)[C@@H](C)Oc1cccnc1. The first kappa shape index (κ1) is 10.5. The molecule has 1 atom stereocenters. The van der Waals surface area contributed by atoms with Gasteiger partial charge in [0, 0.05) is 6.20 Å². The Morgan fingerprint density at radius 1 is 1.64 bits per heavy atom. The van der Waals surface area contributed by atoms with Crippen LogP contribution in [-0.4, -0.2) is 23.7 Å². The predicted octanol–water partition coefficient (Wildman–Crippen LogP) is 1.41. The van der Waals surface area contributed by atoms with Crippen molar-refractivity contribution in [1.29, 1.82) is 0 Å². The summed E-state index contributed by atoms with van der Waals surface area (Å²) < 4.78 is 10.1. The molecular formula is C10H13NO3. The lowest BCUT2D eigenvalue weighted by Crippen LogP contribution is -2.26. The zero-order valence-corrected chi connectivity index (χ0v) is 8.27. The second-order valence-electron chi connectivity index (χ2n) is 2.70. The van der Waals surface area contributed by atoms with Gasteiger partial charge in [0.1, 0.15) is 5.75 Å². The van der Waals surface area contributed by atoms with Crippen LogP contribution in [0.25, 0.3) is 0 Å². The minimum absolute atomic E-state index is 0.361. The molecule has 4 nitrogen and oxygen atoms in total. The van der Waals surface area contributed by atoms with Crippen LogP contribution in [0.3, 0.4) is 0 Å². The molecule has 0 unspecified atom stereocenters. The molecule has 0 aliphatic heterocycles. The molecule has 0 aliphatic carbocycles. The zero-order valence-electron chi connectivity index (χ0n) is 8.27. The fourth-order valence-electron chi connectivity index (χ4n) is 0.929. The molecule has 0 spiro atoms. The number of esters is 1. The number of hydrogen-bond acceptors (Lipinski definition) is 4. The second-order valence-corrected chi connectivity index (χ2v) is 2.70. The lowest BCUT2D eigenvalue weighted by molar-refractivity contribution is -0.150. The molecule has 0 saturated heterocycles. The first-order chi connectivity index (χ1) is 6.74. The Hall–Kier alpha value is -1.58. The fraction of sp³-hybridized carbons (Fsp3) is 0.400. The molecule has 0 fully saturated rings. The summed E-state index contributed by atoms with van der Waals surface area (Å²) in [6.07, 6.45) is 2.59. The Morgan fingerprint density at radius 2 is 2.43 bits per heavy atom. The highest BCUT2D eigenvalue weighted by Gasteiger charge is 2.15. The summed E-state index contributed by atoms with van der Waals surface area (Å²) in [5.41, 5.74) is 0. The number of nitrogens with zero attached hydrogens (tertiary/aromatic N) is 1. The van der Waals surface area contributed by atoms with Crippen LogP contribution in [0.2, 0.25) is 0 Å². The third kappa shape index (κ3) is 3.05. The molecule has 76 valence electrons. The molecule has 0 N–H and O–H groups in total. The molecule has 1 rings (SSSR count). The van der Waals surface area contributed by atoms with Gasteiger partial charge in [0.2, 0.25) is 0 Å². The van der Waals surface area contributed by atoms with Crippen LogP contribution in [0.5, 0.6) is 5.75 Å². The van der Waals surface area contributed by atoms with E-state index in [0.717, 1.165) is 0 Å². The van der Waals surface area contributed by atoms with Crippen LogP contribution in [0.4, 0.5) is 0 Å². The summed E-state index contributed by atoms with van der Waals surface area (Å²) >= 11 is 0. The van der Waals surface area contributed by atoms with Gasteiger partial charge in [-0.1, -0.05) is 0 Å². The van der Waals surface area contributed by atoms with Gasteiger partial charge >= 0.3 is 5.97 Å². The van der Waals surface area contributed by atoms with E-state index >= 15 is 0 Å². The fourth-order valence-corrected chi connectivity index (χ4v) is 0.929. The molecule has 4 heteroatoms. The summed E-state index contributed by atoms with van der Waals surface area (Å²) in [4.78, 5) is 15.0. The van der Waals surface area contributed by atoms with Gasteiger partial charge < -0.3 is 9.47 Å². The Morgan fingerprint density at radius 3 is 3.00 bits per heavy atom. The van der Waals surface area contributed by atoms with Crippen LogP contribution in [0.15, 0.2) is 24.5 Å². The molecule has 0 aromatic carbocycles. The van der Waals surface area contributed by atoms with Gasteiger partial charge in [-0.2, -0.15) is 0 Å². The number of aromatic nitrogens is 1. The van der Waals surface area contributed by atoms with Crippen molar-refractivity contribution in [2.24, 2.45) is 0 Å². The minimum atomic E-state index is -0.598. The largest absolute Gasteiger partial charge is 0.477 e. The van der Waals surface area contributed by atoms with Crippen molar-refractivity contribution in [1.82, 2.24) is 4.98 Å². The lowest BCUT2D eigenvalue weighted by Gasteiger charge is -2.12. The van der Waals surface area contributed by atoms with E-state index in [2.05, 4.69) is 4.98 Å². The van der Waals surface area contributed by atoms with Gasteiger partial charge in [0.15, 0.2) is 6.10 Å². The molecule has 0 saturated carbocycles. The first-order valence-electron chi connectivity index (χ1n) is 4.47. The number of carbonyl (C=O) groups excluding carboxylic acids is 1. The quantitative estimate of drug-likeness (QED) is 0.681. The second kappa shape index (κ2) is 5.21. The molecule has 0 bridgehead atoms. The highest BCUT2D eigenvalue weighted by atomic mass is 16.6. The zero-order chi connectivity index (χ0) is 10.4. The number of pyridine rings is 1. The molecule has 0 radical (unpaired) electrons. The number of carbonyl (C=O) groups is 1. The summed E-state index contributed by atoms with van der Waals surface area (Å²) in [5.74, 6) is 0.199. The topological polar surface area (TPSA) is 48.4 Å². The van der Waals surface area contributed by atoms with Gasteiger partial charge in [-0.25, -0.2) is 4.79 Å². The van der Waals surface area contributed by atoms with Crippen LogP contribution < -0.4 is 4.74 Å². The summed E-state index contributed by atoms with van der Waals surface area (Å²) in [6.45, 7) is 3.76. The third-order valence-electron chi connectivity index (χ3n) is 1.57. The van der Waals surface area contributed by atoms with Crippen LogP contribution in [0, 0.1) is 0 Å². The van der Waals surface area contributed by atoms with Crippen molar-refractivity contribution in [2.45, 2.75) is 20.0 Å². The minimum Gasteiger partial charge on any atom is -0.477 e. The van der Waals surface area contributed by atoms with Gasteiger partial charge in [-0.15, -0.1) is 0 Å². The molecule has 14 heavy (non-hydrogen) atoms. The van der Waals surface area contributed by atoms with E-state index in [1.165, 1.54) is 0 Å². The Kier molecular flexibility index (Phi) is 3.91. The maximum atomic E-state index is 11.2. The smallest absolute Gasteiger partial charge is 0.347 e. The Balaban J connectivity index is 2.49. The van der Waals surface area contributed by atoms with Crippen molar-refractivity contribution >= 4 is 5.97 Å². The normalized spacial score (nSPS) is 11.9. The number of ether oxygens (including phenoxy) is 2. The van der Waals surface area contributed by atoms with Crippen molar-refractivity contribution in [2.75, 3.05) is 6.61 Å². The lowest BCUT2D eigenvalue weighted by atomic mass is 10.4. The molecule has 0 aliphatic rings. The molecule has 0 amide bonds. The van der Waals surface area contributed by atoms with Crippen LogP contribution in [0.1, 0.15) is 13.8 Å².